The van der Waals surface area contributed by atoms with Gasteiger partial charge in [-0.2, -0.15) is 0 Å². The van der Waals surface area contributed by atoms with E-state index in [0.717, 1.165) is 11.1 Å². The van der Waals surface area contributed by atoms with Gasteiger partial charge in [0.2, 0.25) is 13.6 Å². The standard InChI is InChI=1S/C20H19NO5/c1-21-5-4-13-7-18-19(25-10-24-18)8-14(13)16(22)6-12-2-3-17-20(15(12)9-21)26-11-23-17/h2-3,7-8H,4-6,9-11H2,1H3/i1D3. The van der Waals surface area contributed by atoms with E-state index >= 15 is 0 Å². The number of Topliss-reactive ketones (excluding diaryl/α,β-unsaturated/α-hetero) is 1. The summed E-state index contributed by atoms with van der Waals surface area (Å²) < 4.78 is 45.9. The van der Waals surface area contributed by atoms with Crippen molar-refractivity contribution in [3.05, 3.63) is 46.5 Å². The smallest absolute Gasteiger partial charge is 0.231 e. The molecule has 0 unspecified atom stereocenters. The van der Waals surface area contributed by atoms with Gasteiger partial charge in [0.05, 0.1) is 0 Å². The molecule has 0 bridgehead atoms. The largest absolute Gasteiger partial charge is 0.454 e. The number of ether oxygens (including phenoxy) is 4. The van der Waals surface area contributed by atoms with Crippen LogP contribution >= 0.6 is 0 Å². The van der Waals surface area contributed by atoms with Gasteiger partial charge in [0.15, 0.2) is 28.8 Å². The van der Waals surface area contributed by atoms with E-state index in [4.69, 9.17) is 23.1 Å². The van der Waals surface area contributed by atoms with E-state index in [9.17, 15) is 4.79 Å². The van der Waals surface area contributed by atoms with E-state index in [2.05, 4.69) is 0 Å². The Bertz CT molecular complexity index is 1000. The summed E-state index contributed by atoms with van der Waals surface area (Å²) in [5.74, 6) is 2.16. The van der Waals surface area contributed by atoms with E-state index < -0.39 is 6.98 Å². The highest BCUT2D eigenvalue weighted by molar-refractivity contribution is 6.00. The minimum atomic E-state index is -2.29. The molecule has 134 valence electrons. The first-order valence-electron chi connectivity index (χ1n) is 10.0. The second-order valence-corrected chi connectivity index (χ2v) is 6.57. The topological polar surface area (TPSA) is 57.2 Å². The number of likely N-dealkylation sites (N-methyl/N-ethyl adjacent to an activating group) is 1. The molecule has 6 heteroatoms. The Morgan fingerprint density at radius 3 is 2.69 bits per heavy atom. The Morgan fingerprint density at radius 1 is 1.00 bits per heavy atom. The Balaban J connectivity index is 1.63. The first-order chi connectivity index (χ1) is 13.9. The molecule has 0 fully saturated rings. The van der Waals surface area contributed by atoms with E-state index in [1.807, 2.05) is 6.07 Å². The van der Waals surface area contributed by atoms with Crippen molar-refractivity contribution in [2.24, 2.45) is 0 Å². The SMILES string of the molecule is [2H]C([2H])([2H])N1CCc2cc3c(cc2C(=O)Cc2ccc4c(c2C1)OCO4)OCO3. The van der Waals surface area contributed by atoms with Crippen LogP contribution in [0.1, 0.15) is 31.2 Å². The lowest BCUT2D eigenvalue weighted by Gasteiger charge is -2.22. The molecule has 0 saturated carbocycles. The minimum absolute atomic E-state index is 0.0549. The summed E-state index contributed by atoms with van der Waals surface area (Å²) in [6.07, 6.45) is 0.533. The summed E-state index contributed by atoms with van der Waals surface area (Å²) in [5, 5.41) is 0. The number of ketones is 1. The molecule has 0 N–H and O–H groups in total. The summed E-state index contributed by atoms with van der Waals surface area (Å²) in [6.45, 7) is -1.70. The van der Waals surface area contributed by atoms with Gasteiger partial charge in [-0.05, 0) is 42.7 Å². The van der Waals surface area contributed by atoms with Gasteiger partial charge in [-0.3, -0.25) is 4.79 Å². The van der Waals surface area contributed by atoms with Crippen LogP contribution in [0.4, 0.5) is 0 Å². The number of hydrogen-bond acceptors (Lipinski definition) is 6. The zero-order chi connectivity index (χ0) is 20.2. The van der Waals surface area contributed by atoms with Crippen molar-refractivity contribution in [1.29, 1.82) is 0 Å². The number of hydrogen-bond donors (Lipinski definition) is 0. The van der Waals surface area contributed by atoms with Gasteiger partial charge in [-0.1, -0.05) is 6.07 Å². The fourth-order valence-electron chi connectivity index (χ4n) is 3.65. The lowest BCUT2D eigenvalue weighted by atomic mass is 9.92. The molecule has 0 atom stereocenters. The van der Waals surface area contributed by atoms with Crippen LogP contribution in [0.15, 0.2) is 24.3 Å². The minimum Gasteiger partial charge on any atom is -0.454 e. The molecule has 0 saturated heterocycles. The fourth-order valence-corrected chi connectivity index (χ4v) is 3.65. The molecule has 0 aromatic heterocycles. The van der Waals surface area contributed by atoms with Crippen LogP contribution in [0.5, 0.6) is 23.0 Å². The van der Waals surface area contributed by atoms with Gasteiger partial charge in [-0.25, -0.2) is 0 Å². The molecule has 3 aliphatic heterocycles. The Hall–Kier alpha value is -2.73. The second-order valence-electron chi connectivity index (χ2n) is 6.57. The molecule has 5 rings (SSSR count). The van der Waals surface area contributed by atoms with Crippen molar-refractivity contribution in [2.75, 3.05) is 27.1 Å². The van der Waals surface area contributed by atoms with E-state index in [0.29, 0.717) is 40.5 Å². The summed E-state index contributed by atoms with van der Waals surface area (Å²) in [6, 6.07) is 7.07. The van der Waals surface area contributed by atoms with E-state index in [-0.39, 0.29) is 38.9 Å². The molecule has 0 aliphatic carbocycles. The van der Waals surface area contributed by atoms with Crippen molar-refractivity contribution in [2.45, 2.75) is 19.4 Å². The van der Waals surface area contributed by atoms with Crippen LogP contribution in [0.2, 0.25) is 0 Å². The van der Waals surface area contributed by atoms with Crippen molar-refractivity contribution in [3.63, 3.8) is 0 Å². The Kier molecular flexibility index (Phi) is 2.87. The number of carbonyl (C=O) groups is 1. The van der Waals surface area contributed by atoms with Crippen LogP contribution in [-0.4, -0.2) is 37.8 Å². The zero-order valence-electron chi connectivity index (χ0n) is 17.0. The maximum absolute atomic E-state index is 13.2. The first kappa shape index (κ1) is 12.6. The molecule has 2 aromatic rings. The summed E-state index contributed by atoms with van der Waals surface area (Å²) in [5.41, 5.74) is 2.72. The second kappa shape index (κ2) is 5.92. The number of fused-ring (bicyclic) bond motifs is 5. The normalized spacial score (nSPS) is 20.6. The third kappa shape index (κ3) is 2.49. The van der Waals surface area contributed by atoms with Gasteiger partial charge in [0.25, 0.3) is 0 Å². The van der Waals surface area contributed by atoms with Crippen molar-refractivity contribution in [3.8, 4) is 23.0 Å². The third-order valence-corrected chi connectivity index (χ3v) is 4.99. The number of carbonyl (C=O) groups excluding carboxylic acids is 1. The Labute approximate surface area is 155 Å². The van der Waals surface area contributed by atoms with Crippen LogP contribution in [0, 0.1) is 0 Å². The molecule has 3 heterocycles. The molecule has 0 amide bonds. The molecular weight excluding hydrogens is 334 g/mol. The van der Waals surface area contributed by atoms with Gasteiger partial charge < -0.3 is 23.8 Å². The predicted molar refractivity (Wildman–Crippen MR) is 93.2 cm³/mol. The highest BCUT2D eigenvalue weighted by Gasteiger charge is 2.26. The van der Waals surface area contributed by atoms with Gasteiger partial charge in [-0.15, -0.1) is 0 Å². The van der Waals surface area contributed by atoms with Crippen LogP contribution in [0.3, 0.4) is 0 Å². The maximum atomic E-state index is 13.2. The van der Waals surface area contributed by atoms with E-state index in [1.165, 1.54) is 4.90 Å². The predicted octanol–water partition coefficient (Wildman–Crippen LogP) is 2.56. The summed E-state index contributed by atoms with van der Waals surface area (Å²) >= 11 is 0. The van der Waals surface area contributed by atoms with E-state index in [1.54, 1.807) is 18.2 Å². The van der Waals surface area contributed by atoms with Gasteiger partial charge >= 0.3 is 0 Å². The van der Waals surface area contributed by atoms with Gasteiger partial charge in [0, 0.05) is 34.7 Å². The van der Waals surface area contributed by atoms with Crippen molar-refractivity contribution in [1.82, 2.24) is 4.90 Å². The summed E-state index contributed by atoms with van der Waals surface area (Å²) in [4.78, 5) is 14.6. The Morgan fingerprint density at radius 2 is 1.81 bits per heavy atom. The lowest BCUT2D eigenvalue weighted by Crippen LogP contribution is -2.24. The number of benzene rings is 2. The molecule has 0 spiro atoms. The molecule has 26 heavy (non-hydrogen) atoms. The highest BCUT2D eigenvalue weighted by Crippen LogP contribution is 2.40. The molecule has 2 aromatic carbocycles. The van der Waals surface area contributed by atoms with Gasteiger partial charge in [0.1, 0.15) is 0 Å². The fraction of sp³-hybridized carbons (Fsp3) is 0.350. The van der Waals surface area contributed by atoms with Crippen molar-refractivity contribution < 1.29 is 27.9 Å². The van der Waals surface area contributed by atoms with Crippen LogP contribution in [0.25, 0.3) is 0 Å². The first-order valence-corrected chi connectivity index (χ1v) is 8.51. The average molecular weight is 356 g/mol. The zero-order valence-corrected chi connectivity index (χ0v) is 14.0. The van der Waals surface area contributed by atoms with Crippen LogP contribution < -0.4 is 18.9 Å². The molecule has 6 nitrogen and oxygen atoms in total. The number of rotatable bonds is 0. The molecular formula is C20H19NO5. The highest BCUT2D eigenvalue weighted by atomic mass is 16.7. The quantitative estimate of drug-likeness (QED) is 0.723. The van der Waals surface area contributed by atoms with Crippen molar-refractivity contribution >= 4 is 5.78 Å². The third-order valence-electron chi connectivity index (χ3n) is 4.99. The molecule has 3 aliphatic rings. The maximum Gasteiger partial charge on any atom is 0.231 e. The van der Waals surface area contributed by atoms with Crippen LogP contribution in [-0.2, 0) is 19.4 Å². The lowest BCUT2D eigenvalue weighted by molar-refractivity contribution is 0.0990. The monoisotopic (exact) mass is 356 g/mol. The number of nitrogens with zero attached hydrogens (tertiary/aromatic N) is 1. The summed E-state index contributed by atoms with van der Waals surface area (Å²) in [7, 11) is 0. The molecule has 0 radical (unpaired) electrons. The average Bonchev–Trinajstić information content (AvgIpc) is 3.32.